The molecule has 0 saturated heterocycles. The van der Waals surface area contributed by atoms with Crippen molar-refractivity contribution in [2.75, 3.05) is 6.61 Å². The van der Waals surface area contributed by atoms with E-state index in [2.05, 4.69) is 22.5 Å². The first kappa shape index (κ1) is 17.3. The summed E-state index contributed by atoms with van der Waals surface area (Å²) in [6, 6.07) is 16.5. The van der Waals surface area contributed by atoms with E-state index >= 15 is 0 Å². The molecule has 0 aliphatic heterocycles. The van der Waals surface area contributed by atoms with Gasteiger partial charge >= 0.3 is 0 Å². The predicted octanol–water partition coefficient (Wildman–Crippen LogP) is 3.53. The molecule has 2 aromatic carbocycles. The number of nitrogens with zero attached hydrogens (tertiary/aromatic N) is 2. The molecule has 0 unspecified atom stereocenters. The van der Waals surface area contributed by atoms with Gasteiger partial charge in [-0.25, -0.2) is 9.07 Å². The van der Waals surface area contributed by atoms with Crippen LogP contribution in [0.2, 0.25) is 0 Å². The zero-order chi connectivity index (χ0) is 17.6. The molecular weight excluding hydrogens is 317 g/mol. The Morgan fingerprint density at radius 3 is 2.68 bits per heavy atom. The molecule has 0 aliphatic rings. The Bertz CT molecular complexity index is 817. The lowest BCUT2D eigenvalue weighted by Crippen LogP contribution is -2.22. The third-order valence-corrected chi connectivity index (χ3v) is 4.23. The van der Waals surface area contributed by atoms with E-state index < -0.39 is 0 Å². The van der Waals surface area contributed by atoms with E-state index in [1.165, 1.54) is 12.1 Å². The first-order chi connectivity index (χ1) is 12.2. The molecule has 5 heteroatoms. The van der Waals surface area contributed by atoms with Crippen LogP contribution in [-0.2, 0) is 6.54 Å². The van der Waals surface area contributed by atoms with Gasteiger partial charge in [0.1, 0.15) is 5.82 Å². The quantitative estimate of drug-likeness (QED) is 0.692. The second-order valence-electron chi connectivity index (χ2n) is 6.02. The summed E-state index contributed by atoms with van der Waals surface area (Å²) in [6.45, 7) is 2.69. The van der Waals surface area contributed by atoms with Crippen LogP contribution < -0.4 is 5.32 Å². The molecule has 3 aromatic rings. The topological polar surface area (TPSA) is 50.1 Å². The lowest BCUT2D eigenvalue weighted by atomic mass is 10.0. The van der Waals surface area contributed by atoms with Crippen LogP contribution in [0.1, 0.15) is 29.3 Å². The van der Waals surface area contributed by atoms with Gasteiger partial charge in [0.25, 0.3) is 0 Å². The molecular formula is C20H22FN3O. The number of aryl methyl sites for hydroxylation is 1. The van der Waals surface area contributed by atoms with E-state index in [1.54, 1.807) is 10.7 Å². The van der Waals surface area contributed by atoms with Crippen LogP contribution in [0.5, 0.6) is 0 Å². The second kappa shape index (κ2) is 8.05. The van der Waals surface area contributed by atoms with Gasteiger partial charge in [-0.05, 0) is 37.1 Å². The van der Waals surface area contributed by atoms with Gasteiger partial charge in [0, 0.05) is 31.0 Å². The fraction of sp³-hybridized carbons (Fsp3) is 0.250. The van der Waals surface area contributed by atoms with Gasteiger partial charge in [-0.2, -0.15) is 5.10 Å². The van der Waals surface area contributed by atoms with Crippen LogP contribution in [-0.4, -0.2) is 21.5 Å². The summed E-state index contributed by atoms with van der Waals surface area (Å²) < 4.78 is 15.1. The Balaban J connectivity index is 1.74. The summed E-state index contributed by atoms with van der Waals surface area (Å²) in [5.74, 6) is -0.280. The van der Waals surface area contributed by atoms with Crippen molar-refractivity contribution in [2.45, 2.75) is 25.9 Å². The van der Waals surface area contributed by atoms with E-state index in [9.17, 15) is 9.50 Å². The Hall–Kier alpha value is -2.50. The molecule has 0 saturated carbocycles. The number of benzene rings is 2. The maximum absolute atomic E-state index is 13.4. The summed E-state index contributed by atoms with van der Waals surface area (Å²) in [5, 5.41) is 17.3. The summed E-state index contributed by atoms with van der Waals surface area (Å²) in [4.78, 5) is 0. The van der Waals surface area contributed by atoms with Crippen LogP contribution in [0, 0.1) is 12.7 Å². The maximum Gasteiger partial charge on any atom is 0.125 e. The molecule has 0 radical (unpaired) electrons. The van der Waals surface area contributed by atoms with Gasteiger partial charge in [0.15, 0.2) is 0 Å². The molecule has 3 rings (SSSR count). The number of nitrogens with one attached hydrogen (secondary N) is 1. The fourth-order valence-corrected chi connectivity index (χ4v) is 2.85. The highest BCUT2D eigenvalue weighted by molar-refractivity contribution is 5.33. The fourth-order valence-electron chi connectivity index (χ4n) is 2.85. The van der Waals surface area contributed by atoms with Crippen LogP contribution >= 0.6 is 0 Å². The van der Waals surface area contributed by atoms with Gasteiger partial charge in [-0.3, -0.25) is 0 Å². The number of aliphatic hydroxyl groups is 1. The SMILES string of the molecule is Cc1nn(-c2cccc(F)c2)cc1CN[C@H](CCO)c1ccccc1. The standard InChI is InChI=1S/C20H22FN3O/c1-15-17(14-24(23-15)19-9-5-8-18(21)12-19)13-22-20(10-11-25)16-6-3-2-4-7-16/h2-9,12,14,20,22,25H,10-11,13H2,1H3/t20-/m1/s1. The van der Waals surface area contributed by atoms with E-state index in [0.717, 1.165) is 16.8 Å². The first-order valence-electron chi connectivity index (χ1n) is 8.37. The largest absolute Gasteiger partial charge is 0.396 e. The van der Waals surface area contributed by atoms with E-state index in [4.69, 9.17) is 0 Å². The molecule has 1 aromatic heterocycles. The van der Waals surface area contributed by atoms with Crippen LogP contribution in [0.15, 0.2) is 60.8 Å². The van der Waals surface area contributed by atoms with Crippen molar-refractivity contribution in [2.24, 2.45) is 0 Å². The number of rotatable bonds is 7. The van der Waals surface area contributed by atoms with Crippen LogP contribution in [0.4, 0.5) is 4.39 Å². The van der Waals surface area contributed by atoms with Gasteiger partial charge in [-0.1, -0.05) is 36.4 Å². The lowest BCUT2D eigenvalue weighted by molar-refractivity contribution is 0.265. The van der Waals surface area contributed by atoms with E-state index in [-0.39, 0.29) is 18.5 Å². The average molecular weight is 339 g/mol. The number of hydrogen-bond acceptors (Lipinski definition) is 3. The molecule has 0 fully saturated rings. The van der Waals surface area contributed by atoms with Crippen molar-refractivity contribution in [1.29, 1.82) is 0 Å². The second-order valence-corrected chi connectivity index (χ2v) is 6.02. The van der Waals surface area contributed by atoms with E-state index in [1.807, 2.05) is 37.4 Å². The highest BCUT2D eigenvalue weighted by atomic mass is 19.1. The molecule has 1 heterocycles. The minimum Gasteiger partial charge on any atom is -0.396 e. The van der Waals surface area contributed by atoms with Crippen molar-refractivity contribution in [3.8, 4) is 5.69 Å². The molecule has 2 N–H and O–H groups in total. The van der Waals surface area contributed by atoms with Gasteiger partial charge < -0.3 is 10.4 Å². The number of halogens is 1. The minimum absolute atomic E-state index is 0.0723. The minimum atomic E-state index is -0.280. The third-order valence-electron chi connectivity index (χ3n) is 4.23. The van der Waals surface area contributed by atoms with Crippen molar-refractivity contribution >= 4 is 0 Å². The van der Waals surface area contributed by atoms with Gasteiger partial charge in [-0.15, -0.1) is 0 Å². The molecule has 4 nitrogen and oxygen atoms in total. The first-order valence-corrected chi connectivity index (χ1v) is 8.37. The average Bonchev–Trinajstić information content (AvgIpc) is 3.00. The van der Waals surface area contributed by atoms with Crippen molar-refractivity contribution < 1.29 is 9.50 Å². The molecule has 1 atom stereocenters. The number of aromatic nitrogens is 2. The number of hydrogen-bond donors (Lipinski definition) is 2. The molecule has 0 bridgehead atoms. The smallest absolute Gasteiger partial charge is 0.125 e. The van der Waals surface area contributed by atoms with Crippen LogP contribution in [0.3, 0.4) is 0 Å². The Kier molecular flexibility index (Phi) is 5.58. The summed E-state index contributed by atoms with van der Waals surface area (Å²) in [7, 11) is 0. The molecule has 25 heavy (non-hydrogen) atoms. The molecule has 0 spiro atoms. The highest BCUT2D eigenvalue weighted by Gasteiger charge is 2.12. The zero-order valence-corrected chi connectivity index (χ0v) is 14.2. The monoisotopic (exact) mass is 339 g/mol. The Morgan fingerprint density at radius 1 is 1.16 bits per heavy atom. The maximum atomic E-state index is 13.4. The van der Waals surface area contributed by atoms with Gasteiger partial charge in [0.2, 0.25) is 0 Å². The number of aliphatic hydroxyl groups excluding tert-OH is 1. The van der Waals surface area contributed by atoms with Crippen molar-refractivity contribution in [3.63, 3.8) is 0 Å². The van der Waals surface area contributed by atoms with E-state index in [0.29, 0.717) is 18.7 Å². The summed E-state index contributed by atoms with van der Waals surface area (Å²) in [5.41, 5.74) is 3.78. The highest BCUT2D eigenvalue weighted by Crippen LogP contribution is 2.18. The molecule has 0 amide bonds. The van der Waals surface area contributed by atoms with Crippen LogP contribution in [0.25, 0.3) is 5.69 Å². The zero-order valence-electron chi connectivity index (χ0n) is 14.2. The predicted molar refractivity (Wildman–Crippen MR) is 96.0 cm³/mol. The lowest BCUT2D eigenvalue weighted by Gasteiger charge is -2.18. The normalized spacial score (nSPS) is 12.3. The molecule has 0 aliphatic carbocycles. The van der Waals surface area contributed by atoms with Crippen molar-refractivity contribution in [3.05, 3.63) is 83.4 Å². The Morgan fingerprint density at radius 2 is 1.96 bits per heavy atom. The summed E-state index contributed by atoms with van der Waals surface area (Å²) in [6.07, 6.45) is 2.55. The third kappa shape index (κ3) is 4.32. The molecule has 130 valence electrons. The Labute approximate surface area is 146 Å². The summed E-state index contributed by atoms with van der Waals surface area (Å²) >= 11 is 0. The van der Waals surface area contributed by atoms with Crippen molar-refractivity contribution in [1.82, 2.24) is 15.1 Å². The van der Waals surface area contributed by atoms with Gasteiger partial charge in [0.05, 0.1) is 11.4 Å².